The smallest absolute Gasteiger partial charge is 0.326 e. The molecule has 1 N–H and O–H groups in total. The molecule has 0 aromatic carbocycles. The molecule has 2 rings (SSSR count). The van der Waals surface area contributed by atoms with Crippen molar-refractivity contribution in [1.29, 1.82) is 0 Å². The van der Waals surface area contributed by atoms with Crippen molar-refractivity contribution in [3.05, 3.63) is 0 Å². The molecule has 0 aromatic heterocycles. The summed E-state index contributed by atoms with van der Waals surface area (Å²) in [5.41, 5.74) is -0.446. The summed E-state index contributed by atoms with van der Waals surface area (Å²) in [5, 5.41) is 4.37. The van der Waals surface area contributed by atoms with Gasteiger partial charge in [0.1, 0.15) is 5.54 Å². The van der Waals surface area contributed by atoms with Gasteiger partial charge in [-0.1, -0.05) is 0 Å². The third-order valence-corrected chi connectivity index (χ3v) is 5.05. The second-order valence-corrected chi connectivity index (χ2v) is 6.32. The Labute approximate surface area is 107 Å². The average Bonchev–Trinajstić information content (AvgIpc) is 2.69. The number of esters is 1. The highest BCUT2D eigenvalue weighted by molar-refractivity contribution is 8.00. The van der Waals surface area contributed by atoms with Crippen molar-refractivity contribution in [3.63, 3.8) is 0 Å². The van der Waals surface area contributed by atoms with Crippen LogP contribution in [0.15, 0.2) is 0 Å². The molecule has 2 unspecified atom stereocenters. The summed E-state index contributed by atoms with van der Waals surface area (Å²) < 4.78 is 10.4. The molecule has 1 aliphatic heterocycles. The molecule has 1 saturated heterocycles. The lowest BCUT2D eigenvalue weighted by molar-refractivity contribution is -0.150. The lowest BCUT2D eigenvalue weighted by Crippen LogP contribution is -2.49. The van der Waals surface area contributed by atoms with E-state index in [9.17, 15) is 4.79 Å². The SMILES string of the molecule is CCOC(=O)C1(NC)CCC(SC2COC2)C1. The van der Waals surface area contributed by atoms with Gasteiger partial charge in [-0.3, -0.25) is 4.79 Å². The van der Waals surface area contributed by atoms with Crippen molar-refractivity contribution in [2.75, 3.05) is 26.9 Å². The van der Waals surface area contributed by atoms with Gasteiger partial charge in [0.15, 0.2) is 0 Å². The fourth-order valence-corrected chi connectivity index (χ4v) is 3.99. The Hall–Kier alpha value is -0.260. The largest absolute Gasteiger partial charge is 0.465 e. The predicted molar refractivity (Wildman–Crippen MR) is 68.3 cm³/mol. The molecule has 0 spiro atoms. The van der Waals surface area contributed by atoms with Crippen molar-refractivity contribution in [1.82, 2.24) is 5.32 Å². The molecule has 5 heteroatoms. The Kier molecular flexibility index (Phi) is 4.33. The summed E-state index contributed by atoms with van der Waals surface area (Å²) >= 11 is 1.97. The van der Waals surface area contributed by atoms with Crippen LogP contribution in [0.5, 0.6) is 0 Å². The van der Waals surface area contributed by atoms with Crippen molar-refractivity contribution >= 4 is 17.7 Å². The Morgan fingerprint density at radius 1 is 1.53 bits per heavy atom. The third-order valence-electron chi connectivity index (χ3n) is 3.61. The van der Waals surface area contributed by atoms with E-state index in [1.165, 1.54) is 0 Å². The number of rotatable bonds is 5. The zero-order chi connectivity index (χ0) is 12.3. The van der Waals surface area contributed by atoms with Gasteiger partial charge in [0.2, 0.25) is 0 Å². The molecule has 2 fully saturated rings. The molecule has 1 saturated carbocycles. The second kappa shape index (κ2) is 5.59. The molecule has 0 aromatic rings. The fraction of sp³-hybridized carbons (Fsp3) is 0.917. The number of hydrogen-bond acceptors (Lipinski definition) is 5. The Balaban J connectivity index is 1.89. The highest BCUT2D eigenvalue weighted by Crippen LogP contribution is 2.40. The number of thioether (sulfide) groups is 1. The Morgan fingerprint density at radius 2 is 2.29 bits per heavy atom. The van der Waals surface area contributed by atoms with Crippen LogP contribution in [0.25, 0.3) is 0 Å². The maximum absolute atomic E-state index is 12.0. The van der Waals surface area contributed by atoms with Crippen LogP contribution in [-0.4, -0.2) is 48.9 Å². The quantitative estimate of drug-likeness (QED) is 0.752. The molecule has 1 aliphatic carbocycles. The summed E-state index contributed by atoms with van der Waals surface area (Å²) in [6, 6.07) is 0. The molecule has 98 valence electrons. The van der Waals surface area contributed by atoms with Gasteiger partial charge in [-0.15, -0.1) is 0 Å². The van der Waals surface area contributed by atoms with E-state index in [-0.39, 0.29) is 5.97 Å². The molecule has 0 bridgehead atoms. The first-order valence-electron chi connectivity index (χ1n) is 6.29. The minimum Gasteiger partial charge on any atom is -0.465 e. The van der Waals surface area contributed by atoms with Crippen LogP contribution >= 0.6 is 11.8 Å². The Bertz CT molecular complexity index is 283. The van der Waals surface area contributed by atoms with Crippen LogP contribution in [-0.2, 0) is 14.3 Å². The van der Waals surface area contributed by atoms with Crippen molar-refractivity contribution in [3.8, 4) is 0 Å². The molecule has 2 atom stereocenters. The number of nitrogens with one attached hydrogen (secondary N) is 1. The molecular weight excluding hydrogens is 238 g/mol. The molecule has 1 heterocycles. The van der Waals surface area contributed by atoms with Crippen LogP contribution in [0.2, 0.25) is 0 Å². The van der Waals surface area contributed by atoms with Crippen molar-refractivity contribution in [2.24, 2.45) is 0 Å². The van der Waals surface area contributed by atoms with Gasteiger partial charge in [0, 0.05) is 5.25 Å². The molecular formula is C12H21NO3S. The topological polar surface area (TPSA) is 47.6 Å². The van der Waals surface area contributed by atoms with Crippen LogP contribution < -0.4 is 5.32 Å². The molecule has 4 nitrogen and oxygen atoms in total. The highest BCUT2D eigenvalue weighted by atomic mass is 32.2. The van der Waals surface area contributed by atoms with E-state index in [4.69, 9.17) is 9.47 Å². The van der Waals surface area contributed by atoms with Gasteiger partial charge in [0.25, 0.3) is 0 Å². The van der Waals surface area contributed by atoms with Gasteiger partial charge in [-0.2, -0.15) is 11.8 Å². The standard InChI is InChI=1S/C12H21NO3S/c1-3-16-11(14)12(13-2)5-4-9(6-12)17-10-7-15-8-10/h9-10,13H,3-8H2,1-2H3. The minimum absolute atomic E-state index is 0.0875. The number of carbonyl (C=O) groups is 1. The summed E-state index contributed by atoms with van der Waals surface area (Å²) in [6.45, 7) is 4.05. The number of carbonyl (C=O) groups excluding carboxylic acids is 1. The second-order valence-electron chi connectivity index (χ2n) is 4.71. The monoisotopic (exact) mass is 259 g/mol. The van der Waals surface area contributed by atoms with Crippen LogP contribution in [0, 0.1) is 0 Å². The van der Waals surface area contributed by atoms with Gasteiger partial charge < -0.3 is 14.8 Å². The van der Waals surface area contributed by atoms with Gasteiger partial charge in [0.05, 0.1) is 25.1 Å². The van der Waals surface area contributed by atoms with Crippen LogP contribution in [0.4, 0.5) is 0 Å². The number of ether oxygens (including phenoxy) is 2. The predicted octanol–water partition coefficient (Wildman–Crippen LogP) is 1.19. The summed E-state index contributed by atoms with van der Waals surface area (Å²) in [7, 11) is 1.86. The number of hydrogen-bond donors (Lipinski definition) is 1. The van der Waals surface area contributed by atoms with E-state index in [2.05, 4.69) is 5.32 Å². The van der Waals surface area contributed by atoms with Crippen molar-refractivity contribution in [2.45, 2.75) is 42.2 Å². The maximum Gasteiger partial charge on any atom is 0.326 e. The molecule has 17 heavy (non-hydrogen) atoms. The minimum atomic E-state index is -0.446. The van der Waals surface area contributed by atoms with Gasteiger partial charge in [-0.25, -0.2) is 0 Å². The third kappa shape index (κ3) is 2.77. The Morgan fingerprint density at radius 3 is 2.82 bits per heavy atom. The zero-order valence-electron chi connectivity index (χ0n) is 10.5. The first kappa shape index (κ1) is 13.2. The van der Waals surface area contributed by atoms with E-state index in [1.807, 2.05) is 25.7 Å². The summed E-state index contributed by atoms with van der Waals surface area (Å²) in [5.74, 6) is -0.0875. The summed E-state index contributed by atoms with van der Waals surface area (Å²) in [4.78, 5) is 12.0. The zero-order valence-corrected chi connectivity index (χ0v) is 11.3. The average molecular weight is 259 g/mol. The molecule has 2 aliphatic rings. The van der Waals surface area contributed by atoms with E-state index in [0.29, 0.717) is 17.1 Å². The van der Waals surface area contributed by atoms with Crippen molar-refractivity contribution < 1.29 is 14.3 Å². The molecule has 0 radical (unpaired) electrons. The lowest BCUT2D eigenvalue weighted by Gasteiger charge is -2.29. The first-order valence-corrected chi connectivity index (χ1v) is 7.24. The van der Waals surface area contributed by atoms with E-state index in [0.717, 1.165) is 32.5 Å². The van der Waals surface area contributed by atoms with E-state index >= 15 is 0 Å². The van der Waals surface area contributed by atoms with E-state index < -0.39 is 5.54 Å². The van der Waals surface area contributed by atoms with Gasteiger partial charge in [-0.05, 0) is 33.2 Å². The van der Waals surface area contributed by atoms with Gasteiger partial charge >= 0.3 is 5.97 Å². The number of likely N-dealkylation sites (N-methyl/N-ethyl adjacent to an activating group) is 1. The molecule has 0 amide bonds. The lowest BCUT2D eigenvalue weighted by atomic mass is 9.98. The summed E-state index contributed by atoms with van der Waals surface area (Å²) in [6.07, 6.45) is 2.85. The van der Waals surface area contributed by atoms with Crippen LogP contribution in [0.3, 0.4) is 0 Å². The van der Waals surface area contributed by atoms with Crippen LogP contribution in [0.1, 0.15) is 26.2 Å². The highest BCUT2D eigenvalue weighted by Gasteiger charge is 2.46. The first-order chi connectivity index (χ1) is 8.20. The maximum atomic E-state index is 12.0. The fourth-order valence-electron chi connectivity index (χ4n) is 2.46. The van der Waals surface area contributed by atoms with E-state index in [1.54, 1.807) is 0 Å². The normalized spacial score (nSPS) is 33.4.